The third-order valence-corrected chi connectivity index (χ3v) is 16.3. The van der Waals surface area contributed by atoms with Crippen molar-refractivity contribution >= 4 is 5.97 Å². The Bertz CT molecular complexity index is 1350. The predicted octanol–water partition coefficient (Wildman–Crippen LogP) is 2.66. The van der Waals surface area contributed by atoms with E-state index in [4.69, 9.17) is 23.7 Å². The minimum Gasteiger partial charge on any atom is -0.457 e. The molecule has 5 N–H and O–H groups in total. The molecule has 0 amide bonds. The molecule has 3 spiro atoms. The van der Waals surface area contributed by atoms with E-state index in [-0.39, 0.29) is 58.8 Å². The number of fused-ring (bicyclic) bond motifs is 4. The summed E-state index contributed by atoms with van der Waals surface area (Å²) in [5.41, 5.74) is -2.75. The number of ether oxygens (including phenoxy) is 5. The Morgan fingerprint density at radius 3 is 2.27 bits per heavy atom. The Hall–Kier alpha value is -0.890. The van der Waals surface area contributed by atoms with Crippen molar-refractivity contribution in [1.29, 1.82) is 0 Å². The molecule has 0 radical (unpaired) electrons. The van der Waals surface area contributed by atoms with Crippen LogP contribution in [0.15, 0.2) is 0 Å². The normalized spacial score (nSPS) is 59.4. The molecule has 0 aromatic rings. The van der Waals surface area contributed by atoms with E-state index < -0.39 is 65.1 Å². The van der Waals surface area contributed by atoms with Crippen molar-refractivity contribution in [1.82, 2.24) is 0 Å². The van der Waals surface area contributed by atoms with Crippen molar-refractivity contribution in [3.63, 3.8) is 0 Å². The minimum atomic E-state index is -1.33. The summed E-state index contributed by atoms with van der Waals surface area (Å²) < 4.78 is 31.7. The molecule has 3 aliphatic heterocycles. The standard InChI is InChI=1S/C37H58O11/c1-17-13-20-28(32(5,6)46-18(2)38)48-37(47-20)27(17)34(8)23(40)14-36-16-35(36)12-11-24(45-29-26(42)25(41)19(39)15-44-29)31(3,4)21(35)9-10-22(36)33(34,7)30(37)43/h17,19-30,39-43H,9-16H2,1-8H3/t17-,19+,20-,21-,22+,23-,24+,25-,26+,27+,28+,29-,30-,33-,34-,35+,36-,37+/m0/s1. The van der Waals surface area contributed by atoms with Gasteiger partial charge in [-0.05, 0) is 92.8 Å². The lowest BCUT2D eigenvalue weighted by Gasteiger charge is -2.65. The van der Waals surface area contributed by atoms with E-state index in [1.54, 1.807) is 0 Å². The van der Waals surface area contributed by atoms with E-state index in [1.807, 2.05) is 13.8 Å². The molecular weight excluding hydrogens is 620 g/mol. The second-order valence-corrected chi connectivity index (χ2v) is 18.9. The molecule has 3 saturated heterocycles. The smallest absolute Gasteiger partial charge is 0.303 e. The fourth-order valence-electron chi connectivity index (χ4n) is 14.4. The molecule has 11 heteroatoms. The van der Waals surface area contributed by atoms with Crippen LogP contribution in [0.25, 0.3) is 0 Å². The van der Waals surface area contributed by atoms with E-state index in [9.17, 15) is 30.3 Å². The summed E-state index contributed by atoms with van der Waals surface area (Å²) in [6, 6.07) is 0. The van der Waals surface area contributed by atoms with Gasteiger partial charge in [-0.1, -0.05) is 34.6 Å². The van der Waals surface area contributed by atoms with Crippen LogP contribution in [-0.4, -0.2) is 105 Å². The zero-order valence-electron chi connectivity index (χ0n) is 29.8. The van der Waals surface area contributed by atoms with Crippen LogP contribution >= 0.6 is 0 Å². The molecule has 0 unspecified atom stereocenters. The highest BCUT2D eigenvalue weighted by Gasteiger charge is 2.90. The lowest BCUT2D eigenvalue weighted by Crippen LogP contribution is -2.64. The molecule has 0 aromatic heterocycles. The highest BCUT2D eigenvalue weighted by molar-refractivity contribution is 5.66. The number of esters is 1. The van der Waals surface area contributed by atoms with Crippen LogP contribution in [0.4, 0.5) is 0 Å². The van der Waals surface area contributed by atoms with E-state index in [0.29, 0.717) is 18.8 Å². The van der Waals surface area contributed by atoms with Gasteiger partial charge in [0.15, 0.2) is 12.1 Å². The van der Waals surface area contributed by atoms with Crippen LogP contribution in [-0.2, 0) is 28.5 Å². The van der Waals surface area contributed by atoms with Crippen molar-refractivity contribution < 1.29 is 54.0 Å². The first-order chi connectivity index (χ1) is 22.2. The Morgan fingerprint density at radius 2 is 1.58 bits per heavy atom. The maximum absolute atomic E-state index is 12.8. The molecule has 8 rings (SSSR count). The lowest BCUT2D eigenvalue weighted by molar-refractivity contribution is -0.304. The number of carbonyl (C=O) groups excluding carboxylic acids is 1. The van der Waals surface area contributed by atoms with Crippen LogP contribution < -0.4 is 0 Å². The van der Waals surface area contributed by atoms with Crippen LogP contribution in [0.3, 0.4) is 0 Å². The third-order valence-electron chi connectivity index (χ3n) is 16.3. The van der Waals surface area contributed by atoms with Crippen LogP contribution in [0.2, 0.25) is 0 Å². The number of hydrogen-bond acceptors (Lipinski definition) is 11. The second-order valence-electron chi connectivity index (χ2n) is 18.9. The van der Waals surface area contributed by atoms with Gasteiger partial charge < -0.3 is 49.2 Å². The summed E-state index contributed by atoms with van der Waals surface area (Å²) in [5, 5.41) is 56.2. The van der Waals surface area contributed by atoms with Gasteiger partial charge in [0.25, 0.3) is 0 Å². The molecule has 8 aliphatic rings. The van der Waals surface area contributed by atoms with Crippen molar-refractivity contribution in [3.05, 3.63) is 0 Å². The maximum Gasteiger partial charge on any atom is 0.303 e. The summed E-state index contributed by atoms with van der Waals surface area (Å²) in [6.45, 7) is 16.1. The number of aliphatic hydroxyl groups is 5. The summed E-state index contributed by atoms with van der Waals surface area (Å²) in [4.78, 5) is 12.1. The summed E-state index contributed by atoms with van der Waals surface area (Å²) in [6.07, 6.45) is -1.69. The molecule has 3 heterocycles. The molecule has 48 heavy (non-hydrogen) atoms. The fourth-order valence-corrected chi connectivity index (χ4v) is 14.4. The number of carbonyl (C=O) groups is 1. The average Bonchev–Trinajstić information content (AvgIpc) is 3.48. The molecule has 5 saturated carbocycles. The lowest BCUT2D eigenvalue weighted by atomic mass is 9.40. The van der Waals surface area contributed by atoms with E-state index in [0.717, 1.165) is 32.1 Å². The summed E-state index contributed by atoms with van der Waals surface area (Å²) in [7, 11) is 0. The first-order valence-electron chi connectivity index (χ1n) is 18.5. The van der Waals surface area contributed by atoms with Crippen LogP contribution in [0, 0.1) is 50.7 Å². The number of rotatable bonds is 4. The van der Waals surface area contributed by atoms with Crippen molar-refractivity contribution in [2.75, 3.05) is 6.61 Å². The van der Waals surface area contributed by atoms with Crippen molar-refractivity contribution in [3.8, 4) is 0 Å². The van der Waals surface area contributed by atoms with Gasteiger partial charge in [0.05, 0.1) is 24.9 Å². The Balaban J connectivity index is 1.11. The third kappa shape index (κ3) is 3.84. The van der Waals surface area contributed by atoms with Gasteiger partial charge >= 0.3 is 5.97 Å². The molecule has 18 atom stereocenters. The van der Waals surface area contributed by atoms with Gasteiger partial charge in [-0.2, -0.15) is 0 Å². The largest absolute Gasteiger partial charge is 0.457 e. The summed E-state index contributed by atoms with van der Waals surface area (Å²) >= 11 is 0. The highest BCUT2D eigenvalue weighted by Crippen LogP contribution is 2.90. The quantitative estimate of drug-likeness (QED) is 0.219. The van der Waals surface area contributed by atoms with E-state index in [2.05, 4.69) is 34.6 Å². The molecule has 8 fully saturated rings. The molecule has 2 bridgehead atoms. The second kappa shape index (κ2) is 10.2. The molecule has 0 aromatic carbocycles. The van der Waals surface area contributed by atoms with Gasteiger partial charge in [0, 0.05) is 23.7 Å². The molecular formula is C37H58O11. The van der Waals surface area contributed by atoms with Gasteiger partial charge in [-0.25, -0.2) is 0 Å². The first-order valence-corrected chi connectivity index (χ1v) is 18.5. The van der Waals surface area contributed by atoms with Gasteiger partial charge in [-0.3, -0.25) is 4.79 Å². The fraction of sp³-hybridized carbons (Fsp3) is 0.973. The maximum atomic E-state index is 12.8. The number of aliphatic hydroxyl groups excluding tert-OH is 5. The molecule has 5 aliphatic carbocycles. The van der Waals surface area contributed by atoms with Gasteiger partial charge in [0.1, 0.15) is 36.1 Å². The van der Waals surface area contributed by atoms with Crippen molar-refractivity contribution in [2.45, 2.75) is 167 Å². The van der Waals surface area contributed by atoms with E-state index in [1.165, 1.54) is 6.92 Å². The zero-order valence-corrected chi connectivity index (χ0v) is 29.8. The summed E-state index contributed by atoms with van der Waals surface area (Å²) in [5.74, 6) is -1.37. The van der Waals surface area contributed by atoms with Crippen LogP contribution in [0.1, 0.15) is 100 Å². The molecule has 11 nitrogen and oxygen atoms in total. The Kier molecular flexibility index (Phi) is 7.24. The van der Waals surface area contributed by atoms with E-state index >= 15 is 0 Å². The zero-order chi connectivity index (χ0) is 34.8. The minimum absolute atomic E-state index is 0.0110. The van der Waals surface area contributed by atoms with Crippen molar-refractivity contribution in [2.24, 2.45) is 50.7 Å². The van der Waals surface area contributed by atoms with Gasteiger partial charge in [0.2, 0.25) is 0 Å². The predicted molar refractivity (Wildman–Crippen MR) is 170 cm³/mol. The molecule has 272 valence electrons. The Labute approximate surface area is 284 Å². The average molecular weight is 679 g/mol. The topological polar surface area (TPSA) is 164 Å². The van der Waals surface area contributed by atoms with Gasteiger partial charge in [-0.15, -0.1) is 0 Å². The first kappa shape index (κ1) is 34.2. The SMILES string of the molecule is CC(=O)OC(C)(C)[C@@H]1O[C@]23O[C@H]1C[C@H](C)[C@@H]2[C@]1(C)[C@@H](O)C[C@@]24C[C@@]25CC[C@@H](O[C@@H]2OC[C@@H](O)[C@H](O)[C@H]2O)C(C)(C)[C@@H]5CC[C@@H]4[C@@]1(C)[C@@H]3O. The number of hydrogen-bond donors (Lipinski definition) is 5. The monoisotopic (exact) mass is 678 g/mol. The Morgan fingerprint density at radius 1 is 0.896 bits per heavy atom. The van der Waals surface area contributed by atoms with Crippen LogP contribution in [0.5, 0.6) is 0 Å². The highest BCUT2D eigenvalue weighted by atomic mass is 16.8.